The zero-order chi connectivity index (χ0) is 11.7. The monoisotopic (exact) mass is 219 g/mol. The predicted octanol–water partition coefficient (Wildman–Crippen LogP) is 0.191. The van der Waals surface area contributed by atoms with Crippen LogP contribution in [0.2, 0.25) is 0 Å². The number of carbonyl (C=O) groups is 1. The van der Waals surface area contributed by atoms with Gasteiger partial charge in [0.1, 0.15) is 5.54 Å². The normalized spacial score (nSPS) is 14.7. The smallest absolute Gasteiger partial charge is 0.328 e. The first-order chi connectivity index (χ1) is 7.16. The van der Waals surface area contributed by atoms with Crippen molar-refractivity contribution in [1.82, 2.24) is 5.32 Å². The molecule has 0 fully saturated rings. The molecule has 1 atom stereocenters. The first-order valence-corrected chi connectivity index (χ1v) is 4.98. The molecule has 0 aliphatic rings. The van der Waals surface area contributed by atoms with Crippen molar-refractivity contribution in [1.29, 1.82) is 0 Å². The van der Waals surface area contributed by atoms with Gasteiger partial charge in [-0.25, -0.2) is 4.79 Å². The highest BCUT2D eigenvalue weighted by atomic mass is 16.5. The fourth-order valence-corrected chi connectivity index (χ4v) is 1.39. The van der Waals surface area contributed by atoms with E-state index in [2.05, 4.69) is 5.32 Å². The summed E-state index contributed by atoms with van der Waals surface area (Å²) >= 11 is 0. The third-order valence-electron chi connectivity index (χ3n) is 2.34. The molecule has 0 saturated heterocycles. The second kappa shape index (κ2) is 7.62. The maximum absolute atomic E-state index is 11.6. The van der Waals surface area contributed by atoms with Crippen molar-refractivity contribution in [3.8, 4) is 0 Å². The molecule has 0 bridgehead atoms. The molecular formula is C10H21NO4. The Bertz CT molecular complexity index is 186. The van der Waals surface area contributed by atoms with E-state index in [1.165, 1.54) is 7.11 Å². The fraction of sp³-hybridized carbons (Fsp3) is 0.900. The molecule has 0 aromatic heterocycles. The third kappa shape index (κ3) is 4.15. The predicted molar refractivity (Wildman–Crippen MR) is 56.8 cm³/mol. The standard InChI is InChI=1S/C10H21NO4/c1-5-10(8-14-3,9(12)15-4)11-6-7-13-2/h11H,5-8H2,1-4H3. The van der Waals surface area contributed by atoms with Crippen LogP contribution in [0.15, 0.2) is 0 Å². The van der Waals surface area contributed by atoms with Gasteiger partial charge in [-0.2, -0.15) is 0 Å². The van der Waals surface area contributed by atoms with Gasteiger partial charge in [0.2, 0.25) is 0 Å². The van der Waals surface area contributed by atoms with E-state index < -0.39 is 5.54 Å². The average molecular weight is 219 g/mol. The molecule has 5 nitrogen and oxygen atoms in total. The summed E-state index contributed by atoms with van der Waals surface area (Å²) in [5.41, 5.74) is -0.762. The minimum atomic E-state index is -0.762. The van der Waals surface area contributed by atoms with Crippen molar-refractivity contribution in [2.45, 2.75) is 18.9 Å². The van der Waals surface area contributed by atoms with E-state index in [1.807, 2.05) is 6.92 Å². The van der Waals surface area contributed by atoms with Gasteiger partial charge in [0.05, 0.1) is 20.3 Å². The Kier molecular flexibility index (Phi) is 7.29. The van der Waals surface area contributed by atoms with Crippen molar-refractivity contribution in [3.05, 3.63) is 0 Å². The summed E-state index contributed by atoms with van der Waals surface area (Å²) in [6, 6.07) is 0. The largest absolute Gasteiger partial charge is 0.468 e. The Morgan fingerprint density at radius 2 is 1.93 bits per heavy atom. The van der Waals surface area contributed by atoms with Crippen LogP contribution in [-0.4, -0.2) is 52.6 Å². The number of methoxy groups -OCH3 is 3. The Balaban J connectivity index is 4.42. The number of nitrogens with one attached hydrogen (secondary N) is 1. The van der Waals surface area contributed by atoms with Crippen LogP contribution in [0.5, 0.6) is 0 Å². The molecule has 0 aliphatic carbocycles. The first-order valence-electron chi connectivity index (χ1n) is 4.98. The van der Waals surface area contributed by atoms with Gasteiger partial charge < -0.3 is 14.2 Å². The van der Waals surface area contributed by atoms with Gasteiger partial charge in [0.25, 0.3) is 0 Å². The molecule has 0 rings (SSSR count). The van der Waals surface area contributed by atoms with Crippen molar-refractivity contribution in [3.63, 3.8) is 0 Å². The van der Waals surface area contributed by atoms with E-state index in [0.29, 0.717) is 26.2 Å². The lowest BCUT2D eigenvalue weighted by atomic mass is 9.97. The molecule has 0 amide bonds. The van der Waals surface area contributed by atoms with Crippen molar-refractivity contribution < 1.29 is 19.0 Å². The Hall–Kier alpha value is -0.650. The van der Waals surface area contributed by atoms with Crippen LogP contribution in [0.25, 0.3) is 0 Å². The minimum absolute atomic E-state index is 0.292. The van der Waals surface area contributed by atoms with Crippen LogP contribution in [0, 0.1) is 0 Å². The third-order valence-corrected chi connectivity index (χ3v) is 2.34. The van der Waals surface area contributed by atoms with Gasteiger partial charge in [-0.15, -0.1) is 0 Å². The van der Waals surface area contributed by atoms with Gasteiger partial charge in [0.15, 0.2) is 0 Å². The minimum Gasteiger partial charge on any atom is -0.468 e. The number of esters is 1. The molecule has 15 heavy (non-hydrogen) atoms. The van der Waals surface area contributed by atoms with Crippen molar-refractivity contribution >= 4 is 5.97 Å². The molecule has 0 heterocycles. The number of hydrogen-bond donors (Lipinski definition) is 1. The topological polar surface area (TPSA) is 56.8 Å². The van der Waals surface area contributed by atoms with E-state index in [4.69, 9.17) is 14.2 Å². The molecule has 0 aliphatic heterocycles. The van der Waals surface area contributed by atoms with Crippen LogP contribution >= 0.6 is 0 Å². The molecular weight excluding hydrogens is 198 g/mol. The molecule has 0 spiro atoms. The fourth-order valence-electron chi connectivity index (χ4n) is 1.39. The number of carbonyl (C=O) groups excluding carboxylic acids is 1. The van der Waals surface area contributed by atoms with Crippen LogP contribution in [0.1, 0.15) is 13.3 Å². The van der Waals surface area contributed by atoms with Crippen molar-refractivity contribution in [2.75, 3.05) is 41.1 Å². The van der Waals surface area contributed by atoms with Crippen molar-refractivity contribution in [2.24, 2.45) is 0 Å². The second-order valence-electron chi connectivity index (χ2n) is 3.28. The molecule has 90 valence electrons. The highest BCUT2D eigenvalue weighted by Gasteiger charge is 2.37. The summed E-state index contributed by atoms with van der Waals surface area (Å²) in [7, 11) is 4.55. The Morgan fingerprint density at radius 1 is 1.27 bits per heavy atom. The molecule has 5 heteroatoms. The van der Waals surface area contributed by atoms with Gasteiger partial charge in [-0.3, -0.25) is 5.32 Å². The number of rotatable bonds is 8. The van der Waals surface area contributed by atoms with Gasteiger partial charge in [-0.05, 0) is 6.42 Å². The van der Waals surface area contributed by atoms with Gasteiger partial charge >= 0.3 is 5.97 Å². The number of ether oxygens (including phenoxy) is 3. The summed E-state index contributed by atoms with van der Waals surface area (Å²) in [6.07, 6.45) is 0.608. The SMILES string of the molecule is CCC(COC)(NCCOC)C(=O)OC. The highest BCUT2D eigenvalue weighted by Crippen LogP contribution is 2.12. The van der Waals surface area contributed by atoms with E-state index in [1.54, 1.807) is 14.2 Å². The number of hydrogen-bond acceptors (Lipinski definition) is 5. The molecule has 1 unspecified atom stereocenters. The lowest BCUT2D eigenvalue weighted by Gasteiger charge is -2.30. The summed E-state index contributed by atoms with van der Waals surface area (Å²) in [4.78, 5) is 11.6. The van der Waals surface area contributed by atoms with Gasteiger partial charge in [-0.1, -0.05) is 6.92 Å². The molecule has 0 radical (unpaired) electrons. The maximum Gasteiger partial charge on any atom is 0.328 e. The first kappa shape index (κ1) is 14.3. The molecule has 1 N–H and O–H groups in total. The molecule has 0 aromatic carbocycles. The average Bonchev–Trinajstić information content (AvgIpc) is 2.27. The van der Waals surface area contributed by atoms with Crippen LogP contribution in [0.4, 0.5) is 0 Å². The molecule has 0 aromatic rings. The van der Waals surface area contributed by atoms with E-state index in [0.717, 1.165) is 0 Å². The summed E-state index contributed by atoms with van der Waals surface area (Å²) in [5.74, 6) is -0.303. The van der Waals surface area contributed by atoms with E-state index >= 15 is 0 Å². The zero-order valence-corrected chi connectivity index (χ0v) is 9.96. The zero-order valence-electron chi connectivity index (χ0n) is 9.96. The van der Waals surface area contributed by atoms with Gasteiger partial charge in [0, 0.05) is 20.8 Å². The Labute approximate surface area is 91.1 Å². The summed E-state index contributed by atoms with van der Waals surface area (Å²) in [6.45, 7) is 3.33. The second-order valence-corrected chi connectivity index (χ2v) is 3.28. The van der Waals surface area contributed by atoms with Crippen LogP contribution in [0.3, 0.4) is 0 Å². The lowest BCUT2D eigenvalue weighted by molar-refractivity contribution is -0.151. The lowest BCUT2D eigenvalue weighted by Crippen LogP contribution is -2.56. The highest BCUT2D eigenvalue weighted by molar-refractivity contribution is 5.80. The van der Waals surface area contributed by atoms with E-state index in [-0.39, 0.29) is 5.97 Å². The van der Waals surface area contributed by atoms with Crippen LogP contribution in [-0.2, 0) is 19.0 Å². The molecule has 0 saturated carbocycles. The quantitative estimate of drug-likeness (QED) is 0.466. The van der Waals surface area contributed by atoms with Crippen LogP contribution < -0.4 is 5.32 Å². The van der Waals surface area contributed by atoms with E-state index in [9.17, 15) is 4.79 Å². The maximum atomic E-state index is 11.6. The Morgan fingerprint density at radius 3 is 2.33 bits per heavy atom. The summed E-state index contributed by atoms with van der Waals surface area (Å²) < 4.78 is 14.7. The summed E-state index contributed by atoms with van der Waals surface area (Å²) in [5, 5.41) is 3.11.